The molecule has 1 aromatic heterocycles. The Bertz CT molecular complexity index is 1270. The molecule has 4 aromatic rings. The van der Waals surface area contributed by atoms with Gasteiger partial charge in [0.2, 0.25) is 5.89 Å². The minimum absolute atomic E-state index is 0. The highest BCUT2D eigenvalue weighted by Crippen LogP contribution is 2.31. The maximum absolute atomic E-state index is 12.8. The van der Waals surface area contributed by atoms with Gasteiger partial charge in [0, 0.05) is 42.8 Å². The van der Waals surface area contributed by atoms with Gasteiger partial charge in [0.1, 0.15) is 5.52 Å². The third kappa shape index (κ3) is 5.45. The minimum atomic E-state index is -0.187. The second-order valence-electron chi connectivity index (χ2n) is 7.86. The molecule has 170 valence electrons. The first kappa shape index (κ1) is 23.4. The molecule has 0 radical (unpaired) electrons. The highest BCUT2D eigenvalue weighted by Gasteiger charge is 2.16. The number of halogens is 2. The van der Waals surface area contributed by atoms with Crippen molar-refractivity contribution in [1.29, 1.82) is 0 Å². The fourth-order valence-corrected chi connectivity index (χ4v) is 4.31. The van der Waals surface area contributed by atoms with Crippen LogP contribution in [-0.4, -0.2) is 42.0 Å². The summed E-state index contributed by atoms with van der Waals surface area (Å²) >= 11 is 3.41. The summed E-state index contributed by atoms with van der Waals surface area (Å²) in [5.74, 6) is 0.303. The summed E-state index contributed by atoms with van der Waals surface area (Å²) in [6.45, 7) is 5.04. The molecule has 1 saturated heterocycles. The van der Waals surface area contributed by atoms with Crippen molar-refractivity contribution in [3.05, 3.63) is 82.3 Å². The summed E-state index contributed by atoms with van der Waals surface area (Å²) in [6, 6.07) is 21.0. The second-order valence-corrected chi connectivity index (χ2v) is 8.77. The highest BCUT2D eigenvalue weighted by molar-refractivity contribution is 9.10. The molecule has 0 unspecified atom stereocenters. The Labute approximate surface area is 206 Å². The van der Waals surface area contributed by atoms with Crippen molar-refractivity contribution in [3.8, 4) is 11.5 Å². The van der Waals surface area contributed by atoms with Crippen LogP contribution in [0.25, 0.3) is 22.6 Å². The first-order chi connectivity index (χ1) is 15.7. The van der Waals surface area contributed by atoms with Crippen LogP contribution in [0.3, 0.4) is 0 Å². The summed E-state index contributed by atoms with van der Waals surface area (Å²) in [5.41, 5.74) is 4.74. The predicted octanol–water partition coefficient (Wildman–Crippen LogP) is 5.34. The van der Waals surface area contributed by atoms with Gasteiger partial charge in [-0.1, -0.05) is 40.2 Å². The summed E-state index contributed by atoms with van der Waals surface area (Å²) in [4.78, 5) is 19.9. The Morgan fingerprint density at radius 3 is 2.70 bits per heavy atom. The lowest BCUT2D eigenvalue weighted by atomic mass is 10.1. The first-order valence-electron chi connectivity index (χ1n) is 10.6. The number of carbonyl (C=O) groups is 1. The molecular formula is C25H24BrClN4O2. The number of piperazine rings is 1. The van der Waals surface area contributed by atoms with Crippen molar-refractivity contribution < 1.29 is 9.21 Å². The Kier molecular flexibility index (Phi) is 7.45. The maximum atomic E-state index is 12.8. The number of carbonyl (C=O) groups excluding carboxylic acids is 1. The third-order valence-electron chi connectivity index (χ3n) is 5.56. The predicted molar refractivity (Wildman–Crippen MR) is 137 cm³/mol. The van der Waals surface area contributed by atoms with E-state index >= 15 is 0 Å². The van der Waals surface area contributed by atoms with Crippen LogP contribution in [0, 0.1) is 0 Å². The van der Waals surface area contributed by atoms with E-state index in [0.717, 1.165) is 53.9 Å². The summed E-state index contributed by atoms with van der Waals surface area (Å²) in [6.07, 6.45) is 0. The van der Waals surface area contributed by atoms with Crippen LogP contribution < -0.4 is 10.6 Å². The van der Waals surface area contributed by atoms with Crippen LogP contribution in [0.15, 0.2) is 75.6 Å². The summed E-state index contributed by atoms with van der Waals surface area (Å²) < 4.78 is 6.99. The molecular weight excluding hydrogens is 504 g/mol. The Hall–Kier alpha value is -2.71. The lowest BCUT2D eigenvalue weighted by Gasteiger charge is -2.27. The number of amides is 1. The Morgan fingerprint density at radius 2 is 1.88 bits per heavy atom. The average molecular weight is 528 g/mol. The fourth-order valence-electron chi connectivity index (χ4n) is 3.91. The van der Waals surface area contributed by atoms with Gasteiger partial charge in [0.05, 0.1) is 11.3 Å². The SMILES string of the molecule is Cl.O=C(Nc1ccccc1-c1nc2ccc(CN3CCNCC3)cc2o1)c1cccc(Br)c1. The molecule has 3 aromatic carbocycles. The molecule has 5 rings (SSSR count). The van der Waals surface area contributed by atoms with Crippen LogP contribution in [-0.2, 0) is 6.54 Å². The molecule has 1 amide bonds. The fraction of sp³-hybridized carbons (Fsp3) is 0.200. The zero-order chi connectivity index (χ0) is 21.9. The molecule has 0 spiro atoms. The van der Waals surface area contributed by atoms with E-state index in [-0.39, 0.29) is 18.3 Å². The molecule has 0 saturated carbocycles. The minimum Gasteiger partial charge on any atom is -0.436 e. The standard InChI is InChI=1S/C25H23BrN4O2.ClH/c26-19-5-3-4-18(15-19)24(31)28-21-7-2-1-6-20(21)25-29-22-9-8-17(14-23(22)32-25)16-30-12-10-27-11-13-30;/h1-9,14-15,27H,10-13,16H2,(H,28,31);1H. The van der Waals surface area contributed by atoms with Gasteiger partial charge in [-0.05, 0) is 48.0 Å². The number of nitrogens with zero attached hydrogens (tertiary/aromatic N) is 2. The van der Waals surface area contributed by atoms with Gasteiger partial charge in [-0.25, -0.2) is 4.98 Å². The number of oxazole rings is 1. The molecule has 8 heteroatoms. The van der Waals surface area contributed by atoms with Crippen molar-refractivity contribution in [3.63, 3.8) is 0 Å². The van der Waals surface area contributed by atoms with E-state index in [1.807, 2.05) is 42.5 Å². The largest absolute Gasteiger partial charge is 0.436 e. The number of fused-ring (bicyclic) bond motifs is 1. The number of aromatic nitrogens is 1. The van der Waals surface area contributed by atoms with Crippen LogP contribution >= 0.6 is 28.3 Å². The zero-order valence-corrected chi connectivity index (χ0v) is 20.3. The first-order valence-corrected chi connectivity index (χ1v) is 11.4. The van der Waals surface area contributed by atoms with Crippen molar-refractivity contribution in [2.45, 2.75) is 6.54 Å². The van der Waals surface area contributed by atoms with Gasteiger partial charge >= 0.3 is 0 Å². The van der Waals surface area contributed by atoms with Crippen molar-refractivity contribution in [2.75, 3.05) is 31.5 Å². The lowest BCUT2D eigenvalue weighted by molar-refractivity contribution is 0.102. The smallest absolute Gasteiger partial charge is 0.255 e. The summed E-state index contributed by atoms with van der Waals surface area (Å²) in [5, 5.41) is 6.37. The normalized spacial score (nSPS) is 14.1. The quantitative estimate of drug-likeness (QED) is 0.367. The molecule has 2 heterocycles. The van der Waals surface area contributed by atoms with E-state index in [1.165, 1.54) is 5.56 Å². The van der Waals surface area contributed by atoms with E-state index in [2.05, 4.69) is 48.6 Å². The van der Waals surface area contributed by atoms with Crippen molar-refractivity contribution in [1.82, 2.24) is 15.2 Å². The van der Waals surface area contributed by atoms with Gasteiger partial charge < -0.3 is 15.1 Å². The van der Waals surface area contributed by atoms with Gasteiger partial charge in [0.25, 0.3) is 5.91 Å². The van der Waals surface area contributed by atoms with E-state index in [9.17, 15) is 4.79 Å². The molecule has 1 aliphatic heterocycles. The number of hydrogen-bond donors (Lipinski definition) is 2. The van der Waals surface area contributed by atoms with Gasteiger partial charge in [-0.3, -0.25) is 9.69 Å². The second kappa shape index (κ2) is 10.5. The number of benzene rings is 3. The number of anilines is 1. The average Bonchev–Trinajstić information content (AvgIpc) is 3.23. The monoisotopic (exact) mass is 526 g/mol. The van der Waals surface area contributed by atoms with Gasteiger partial charge in [-0.15, -0.1) is 12.4 Å². The Morgan fingerprint density at radius 1 is 1.06 bits per heavy atom. The summed E-state index contributed by atoms with van der Waals surface area (Å²) in [7, 11) is 0. The lowest BCUT2D eigenvalue weighted by Crippen LogP contribution is -2.42. The molecule has 0 bridgehead atoms. The zero-order valence-electron chi connectivity index (χ0n) is 17.9. The van der Waals surface area contributed by atoms with Crippen LogP contribution in [0.4, 0.5) is 5.69 Å². The van der Waals surface area contributed by atoms with Crippen LogP contribution in [0.1, 0.15) is 15.9 Å². The number of rotatable bonds is 5. The van der Waals surface area contributed by atoms with E-state index in [0.29, 0.717) is 17.1 Å². The van der Waals surface area contributed by atoms with Gasteiger partial charge in [0.15, 0.2) is 5.58 Å². The van der Waals surface area contributed by atoms with Gasteiger partial charge in [-0.2, -0.15) is 0 Å². The molecule has 0 aliphatic carbocycles. The molecule has 1 fully saturated rings. The van der Waals surface area contributed by atoms with E-state index < -0.39 is 0 Å². The van der Waals surface area contributed by atoms with E-state index in [1.54, 1.807) is 12.1 Å². The number of para-hydroxylation sites is 1. The Balaban J connectivity index is 0.00000259. The molecule has 2 N–H and O–H groups in total. The molecule has 6 nitrogen and oxygen atoms in total. The molecule has 1 aliphatic rings. The van der Waals surface area contributed by atoms with Crippen LogP contribution in [0.2, 0.25) is 0 Å². The van der Waals surface area contributed by atoms with Crippen LogP contribution in [0.5, 0.6) is 0 Å². The van der Waals surface area contributed by atoms with Crippen molar-refractivity contribution in [2.24, 2.45) is 0 Å². The van der Waals surface area contributed by atoms with E-state index in [4.69, 9.17) is 4.42 Å². The van der Waals surface area contributed by atoms with Crippen molar-refractivity contribution >= 4 is 51.0 Å². The molecule has 33 heavy (non-hydrogen) atoms. The number of nitrogens with one attached hydrogen (secondary N) is 2. The third-order valence-corrected chi connectivity index (χ3v) is 6.05. The highest BCUT2D eigenvalue weighted by atomic mass is 79.9. The number of hydrogen-bond acceptors (Lipinski definition) is 5. The maximum Gasteiger partial charge on any atom is 0.255 e. The topological polar surface area (TPSA) is 70.4 Å². The molecule has 0 atom stereocenters.